The molecule has 0 unspecified atom stereocenters. The highest BCUT2D eigenvalue weighted by molar-refractivity contribution is 5.00. The Morgan fingerprint density at radius 1 is 1.17 bits per heavy atom. The van der Waals surface area contributed by atoms with Gasteiger partial charge >= 0.3 is 0 Å². The van der Waals surface area contributed by atoms with Gasteiger partial charge in [-0.05, 0) is 38.1 Å². The molecule has 0 aromatic carbocycles. The number of hydrogen-bond donors (Lipinski definition) is 1. The van der Waals surface area contributed by atoms with Crippen molar-refractivity contribution in [3.05, 3.63) is 0 Å². The molecule has 0 aromatic heterocycles. The molecular formula is C11H23N. The van der Waals surface area contributed by atoms with Crippen molar-refractivity contribution in [2.45, 2.75) is 58.4 Å². The summed E-state index contributed by atoms with van der Waals surface area (Å²) in [5.41, 5.74) is 0.623. The molecule has 1 N–H and O–H groups in total. The summed E-state index contributed by atoms with van der Waals surface area (Å²) in [6.07, 6.45) is 7.17. The molecule has 1 aliphatic carbocycles. The lowest BCUT2D eigenvalue weighted by Gasteiger charge is -2.49. The van der Waals surface area contributed by atoms with Crippen molar-refractivity contribution in [3.63, 3.8) is 0 Å². The van der Waals surface area contributed by atoms with Gasteiger partial charge in [0.25, 0.3) is 0 Å². The summed E-state index contributed by atoms with van der Waals surface area (Å²) in [4.78, 5) is 0. The zero-order valence-corrected chi connectivity index (χ0v) is 8.82. The van der Waals surface area contributed by atoms with Crippen LogP contribution in [0.1, 0.15) is 52.9 Å². The van der Waals surface area contributed by atoms with E-state index >= 15 is 0 Å². The lowest BCUT2D eigenvalue weighted by Crippen LogP contribution is -2.56. The van der Waals surface area contributed by atoms with Crippen LogP contribution in [0.2, 0.25) is 0 Å². The molecule has 1 saturated carbocycles. The highest BCUT2D eigenvalue weighted by atomic mass is 15.0. The van der Waals surface area contributed by atoms with Crippen LogP contribution in [0.3, 0.4) is 0 Å². The predicted octanol–water partition coefficient (Wildman–Crippen LogP) is 2.95. The van der Waals surface area contributed by atoms with Crippen molar-refractivity contribution in [1.29, 1.82) is 0 Å². The first kappa shape index (κ1) is 10.0. The van der Waals surface area contributed by atoms with Gasteiger partial charge in [0.1, 0.15) is 0 Å². The molecule has 1 aliphatic heterocycles. The summed E-state index contributed by atoms with van der Waals surface area (Å²) in [6.45, 7) is 7.63. The molecule has 1 heterocycles. The minimum atomic E-state index is 0.623. The monoisotopic (exact) mass is 169 g/mol. The molecule has 2 aliphatic rings. The second-order valence-corrected chi connectivity index (χ2v) is 4.18. The largest absolute Gasteiger partial charge is 0.311 e. The Kier molecular flexibility index (Phi) is 3.57. The molecular weight excluding hydrogens is 146 g/mol. The first-order valence-corrected chi connectivity index (χ1v) is 5.56. The summed E-state index contributed by atoms with van der Waals surface area (Å²) in [5, 5.41) is 3.66. The zero-order chi connectivity index (χ0) is 9.03. The van der Waals surface area contributed by atoms with Gasteiger partial charge in [-0.1, -0.05) is 27.2 Å². The van der Waals surface area contributed by atoms with Gasteiger partial charge in [-0.15, -0.1) is 0 Å². The first-order valence-electron chi connectivity index (χ1n) is 5.56. The predicted molar refractivity (Wildman–Crippen MR) is 54.3 cm³/mol. The van der Waals surface area contributed by atoms with Crippen LogP contribution >= 0.6 is 0 Å². The van der Waals surface area contributed by atoms with Crippen molar-refractivity contribution in [1.82, 2.24) is 5.32 Å². The lowest BCUT2D eigenvalue weighted by molar-refractivity contribution is 0.0852. The third-order valence-electron chi connectivity index (χ3n) is 3.06. The molecule has 72 valence electrons. The molecule has 0 aromatic rings. The second-order valence-electron chi connectivity index (χ2n) is 4.18. The van der Waals surface area contributed by atoms with Gasteiger partial charge in [0, 0.05) is 5.54 Å². The first-order chi connectivity index (χ1) is 5.81. The van der Waals surface area contributed by atoms with Crippen molar-refractivity contribution >= 4 is 0 Å². The lowest BCUT2D eigenvalue weighted by atomic mass is 9.65. The summed E-state index contributed by atoms with van der Waals surface area (Å²) >= 11 is 0. The Hall–Kier alpha value is -0.0400. The van der Waals surface area contributed by atoms with Crippen LogP contribution in [0, 0.1) is 5.92 Å². The van der Waals surface area contributed by atoms with E-state index in [-0.39, 0.29) is 0 Å². The van der Waals surface area contributed by atoms with Gasteiger partial charge in [0.05, 0.1) is 0 Å². The fourth-order valence-corrected chi connectivity index (χ4v) is 2.65. The average Bonchev–Trinajstić information content (AvgIpc) is 2.08. The van der Waals surface area contributed by atoms with Gasteiger partial charge in [-0.2, -0.15) is 0 Å². The van der Waals surface area contributed by atoms with Crippen molar-refractivity contribution in [2.75, 3.05) is 6.54 Å². The van der Waals surface area contributed by atoms with E-state index in [1.165, 1.54) is 38.6 Å². The minimum Gasteiger partial charge on any atom is -0.311 e. The van der Waals surface area contributed by atoms with Crippen LogP contribution in [0.4, 0.5) is 0 Å². The van der Waals surface area contributed by atoms with Crippen LogP contribution in [0.5, 0.6) is 0 Å². The second kappa shape index (κ2) is 4.27. The maximum absolute atomic E-state index is 3.66. The highest BCUT2D eigenvalue weighted by Gasteiger charge is 2.41. The molecule has 1 heteroatoms. The van der Waals surface area contributed by atoms with Crippen molar-refractivity contribution < 1.29 is 0 Å². The molecule has 0 atom stereocenters. The Morgan fingerprint density at radius 3 is 2.25 bits per heavy atom. The standard InChI is InChI=1S/C9H17N.C2H6/c1-8-6-9(7-8)4-2-3-5-10-9;1-2/h8,10H,2-7H2,1H3;1-2H3. The molecule has 0 amide bonds. The SMILES string of the molecule is CC.CC1CC2(CCCCN2)C1. The van der Waals surface area contributed by atoms with E-state index in [2.05, 4.69) is 12.2 Å². The maximum atomic E-state index is 3.66. The van der Waals surface area contributed by atoms with Crippen LogP contribution in [-0.4, -0.2) is 12.1 Å². The van der Waals surface area contributed by atoms with E-state index in [0.717, 1.165) is 5.92 Å². The molecule has 1 saturated heterocycles. The minimum absolute atomic E-state index is 0.623. The van der Waals surface area contributed by atoms with Crippen molar-refractivity contribution in [3.8, 4) is 0 Å². The van der Waals surface area contributed by atoms with Crippen molar-refractivity contribution in [2.24, 2.45) is 5.92 Å². The van der Waals surface area contributed by atoms with E-state index in [1.54, 1.807) is 0 Å². The van der Waals surface area contributed by atoms with Crippen LogP contribution in [0.25, 0.3) is 0 Å². The molecule has 0 radical (unpaired) electrons. The fraction of sp³-hybridized carbons (Fsp3) is 1.00. The third-order valence-corrected chi connectivity index (χ3v) is 3.06. The number of hydrogen-bond acceptors (Lipinski definition) is 1. The van der Waals surface area contributed by atoms with Crippen LogP contribution in [0.15, 0.2) is 0 Å². The molecule has 1 spiro atoms. The van der Waals surface area contributed by atoms with Gasteiger partial charge in [-0.3, -0.25) is 0 Å². The molecule has 0 bridgehead atoms. The Balaban J connectivity index is 0.000000336. The summed E-state index contributed by atoms with van der Waals surface area (Å²) < 4.78 is 0. The topological polar surface area (TPSA) is 12.0 Å². The summed E-state index contributed by atoms with van der Waals surface area (Å²) in [5.74, 6) is 0.991. The fourth-order valence-electron chi connectivity index (χ4n) is 2.65. The van der Waals surface area contributed by atoms with Crippen LogP contribution < -0.4 is 5.32 Å². The molecule has 12 heavy (non-hydrogen) atoms. The Morgan fingerprint density at radius 2 is 1.83 bits per heavy atom. The van der Waals surface area contributed by atoms with Gasteiger partial charge in [-0.25, -0.2) is 0 Å². The van der Waals surface area contributed by atoms with Gasteiger partial charge in [0.2, 0.25) is 0 Å². The normalized spacial score (nSPS) is 39.8. The van der Waals surface area contributed by atoms with Gasteiger partial charge in [0.15, 0.2) is 0 Å². The smallest absolute Gasteiger partial charge is 0.0186 e. The van der Waals surface area contributed by atoms with E-state index in [4.69, 9.17) is 0 Å². The van der Waals surface area contributed by atoms with E-state index < -0.39 is 0 Å². The van der Waals surface area contributed by atoms with Crippen LogP contribution in [-0.2, 0) is 0 Å². The Bertz CT molecular complexity index is 109. The third kappa shape index (κ3) is 2.01. The van der Waals surface area contributed by atoms with E-state index in [0.29, 0.717) is 5.54 Å². The van der Waals surface area contributed by atoms with Gasteiger partial charge < -0.3 is 5.32 Å². The maximum Gasteiger partial charge on any atom is 0.0186 e. The number of piperidine rings is 1. The Labute approximate surface area is 76.9 Å². The molecule has 1 nitrogen and oxygen atoms in total. The number of nitrogens with one attached hydrogen (secondary N) is 1. The highest BCUT2D eigenvalue weighted by Crippen LogP contribution is 2.42. The quantitative estimate of drug-likeness (QED) is 0.588. The average molecular weight is 169 g/mol. The van der Waals surface area contributed by atoms with E-state index in [1.807, 2.05) is 13.8 Å². The molecule has 2 fully saturated rings. The summed E-state index contributed by atoms with van der Waals surface area (Å²) in [6, 6.07) is 0. The van der Waals surface area contributed by atoms with E-state index in [9.17, 15) is 0 Å². The number of rotatable bonds is 0. The zero-order valence-electron chi connectivity index (χ0n) is 8.82. The summed E-state index contributed by atoms with van der Waals surface area (Å²) in [7, 11) is 0. The molecule has 2 rings (SSSR count).